The summed E-state index contributed by atoms with van der Waals surface area (Å²) in [4.78, 5) is 2.29. The Labute approximate surface area is 126 Å². The molecule has 1 N–H and O–H groups in total. The minimum atomic E-state index is 0.103. The molecule has 1 aliphatic rings. The fourth-order valence-electron chi connectivity index (χ4n) is 2.66. The summed E-state index contributed by atoms with van der Waals surface area (Å²) in [6, 6.07) is 6.05. The normalized spacial score (nSPS) is 22.5. The SMILES string of the molecule is CCNCc1c(Cl)cccc1N1CC(OC)C(OC)C1. The molecule has 2 unspecified atom stereocenters. The molecule has 0 aromatic heterocycles. The van der Waals surface area contributed by atoms with E-state index in [0.29, 0.717) is 0 Å². The van der Waals surface area contributed by atoms with Crippen molar-refractivity contribution in [1.29, 1.82) is 0 Å². The third-order valence-corrected chi connectivity index (χ3v) is 4.16. The maximum atomic E-state index is 6.35. The number of nitrogens with one attached hydrogen (secondary N) is 1. The molecular formula is C15H23ClN2O2. The number of rotatable bonds is 6. The molecule has 1 aromatic rings. The highest BCUT2D eigenvalue weighted by molar-refractivity contribution is 6.31. The van der Waals surface area contributed by atoms with Crippen LogP contribution < -0.4 is 10.2 Å². The van der Waals surface area contributed by atoms with Gasteiger partial charge in [-0.3, -0.25) is 0 Å². The third-order valence-electron chi connectivity index (χ3n) is 3.81. The van der Waals surface area contributed by atoms with Gasteiger partial charge in [0.2, 0.25) is 0 Å². The van der Waals surface area contributed by atoms with Crippen LogP contribution >= 0.6 is 11.6 Å². The molecule has 0 amide bonds. The summed E-state index contributed by atoms with van der Waals surface area (Å²) < 4.78 is 11.0. The molecule has 20 heavy (non-hydrogen) atoms. The fourth-order valence-corrected chi connectivity index (χ4v) is 2.90. The van der Waals surface area contributed by atoms with E-state index in [2.05, 4.69) is 23.2 Å². The van der Waals surface area contributed by atoms with Gasteiger partial charge >= 0.3 is 0 Å². The zero-order valence-electron chi connectivity index (χ0n) is 12.4. The van der Waals surface area contributed by atoms with E-state index in [4.69, 9.17) is 21.1 Å². The molecule has 0 radical (unpaired) electrons. The second kappa shape index (κ2) is 7.27. The van der Waals surface area contributed by atoms with Crippen LogP contribution in [0.2, 0.25) is 5.02 Å². The van der Waals surface area contributed by atoms with Crippen LogP contribution in [-0.4, -0.2) is 46.1 Å². The predicted octanol–water partition coefficient (Wildman–Crippen LogP) is 2.30. The van der Waals surface area contributed by atoms with Crippen molar-refractivity contribution in [2.24, 2.45) is 0 Å². The fraction of sp³-hybridized carbons (Fsp3) is 0.600. The molecule has 1 heterocycles. The Bertz CT molecular complexity index is 430. The number of hydrogen-bond donors (Lipinski definition) is 1. The molecular weight excluding hydrogens is 276 g/mol. The Morgan fingerprint density at radius 3 is 2.45 bits per heavy atom. The molecule has 112 valence electrons. The maximum absolute atomic E-state index is 6.35. The van der Waals surface area contributed by atoms with Crippen LogP contribution in [0, 0.1) is 0 Å². The summed E-state index contributed by atoms with van der Waals surface area (Å²) in [5.74, 6) is 0. The zero-order valence-corrected chi connectivity index (χ0v) is 13.1. The number of benzene rings is 1. The summed E-state index contributed by atoms with van der Waals surface area (Å²) in [6.07, 6.45) is 0.205. The first-order valence-corrected chi connectivity index (χ1v) is 7.37. The van der Waals surface area contributed by atoms with Crippen molar-refractivity contribution in [3.05, 3.63) is 28.8 Å². The average Bonchev–Trinajstić information content (AvgIpc) is 2.89. The number of halogens is 1. The molecule has 1 aliphatic heterocycles. The van der Waals surface area contributed by atoms with Gasteiger partial charge in [0, 0.05) is 50.1 Å². The van der Waals surface area contributed by atoms with E-state index < -0.39 is 0 Å². The van der Waals surface area contributed by atoms with Crippen LogP contribution in [0.1, 0.15) is 12.5 Å². The van der Waals surface area contributed by atoms with Crippen molar-refractivity contribution >= 4 is 17.3 Å². The van der Waals surface area contributed by atoms with Crippen LogP contribution in [0.3, 0.4) is 0 Å². The van der Waals surface area contributed by atoms with Crippen LogP contribution in [0.25, 0.3) is 0 Å². The molecule has 0 spiro atoms. The molecule has 1 aromatic carbocycles. The van der Waals surface area contributed by atoms with E-state index >= 15 is 0 Å². The zero-order chi connectivity index (χ0) is 14.5. The Balaban J connectivity index is 2.22. The summed E-state index contributed by atoms with van der Waals surface area (Å²) in [5, 5.41) is 4.15. The lowest BCUT2D eigenvalue weighted by atomic mass is 10.1. The van der Waals surface area contributed by atoms with Crippen LogP contribution in [0.15, 0.2) is 18.2 Å². The first kappa shape index (κ1) is 15.6. The molecule has 2 rings (SSSR count). The Kier molecular flexibility index (Phi) is 5.66. The molecule has 4 nitrogen and oxygen atoms in total. The molecule has 5 heteroatoms. The van der Waals surface area contributed by atoms with Crippen molar-refractivity contribution in [1.82, 2.24) is 5.32 Å². The quantitative estimate of drug-likeness (QED) is 0.874. The van der Waals surface area contributed by atoms with Crippen LogP contribution in [0.4, 0.5) is 5.69 Å². The van der Waals surface area contributed by atoms with E-state index in [1.54, 1.807) is 14.2 Å². The summed E-state index contributed by atoms with van der Waals surface area (Å²) in [6.45, 7) is 5.45. The molecule has 0 bridgehead atoms. The average molecular weight is 299 g/mol. The van der Waals surface area contributed by atoms with Crippen molar-refractivity contribution in [2.75, 3.05) is 38.8 Å². The van der Waals surface area contributed by atoms with Gasteiger partial charge in [-0.25, -0.2) is 0 Å². The summed E-state index contributed by atoms with van der Waals surface area (Å²) in [5.41, 5.74) is 2.31. The number of anilines is 1. The predicted molar refractivity (Wildman–Crippen MR) is 82.6 cm³/mol. The Hall–Kier alpha value is -0.810. The third kappa shape index (κ3) is 3.26. The minimum absolute atomic E-state index is 0.103. The minimum Gasteiger partial charge on any atom is -0.377 e. The van der Waals surface area contributed by atoms with E-state index in [1.165, 1.54) is 5.69 Å². The van der Waals surface area contributed by atoms with Crippen molar-refractivity contribution in [2.45, 2.75) is 25.7 Å². The molecule has 0 saturated carbocycles. The monoisotopic (exact) mass is 298 g/mol. The highest BCUT2D eigenvalue weighted by atomic mass is 35.5. The number of nitrogens with zero attached hydrogens (tertiary/aromatic N) is 1. The maximum Gasteiger partial charge on any atom is 0.102 e. The van der Waals surface area contributed by atoms with Gasteiger partial charge in [0.15, 0.2) is 0 Å². The van der Waals surface area contributed by atoms with E-state index in [1.807, 2.05) is 12.1 Å². The lowest BCUT2D eigenvalue weighted by Gasteiger charge is -2.22. The second-order valence-corrected chi connectivity index (χ2v) is 5.38. The standard InChI is InChI=1S/C15H23ClN2O2/c1-4-17-8-11-12(16)6-5-7-13(11)18-9-14(19-2)15(10-18)20-3/h5-7,14-15,17H,4,8-10H2,1-3H3. The van der Waals surface area contributed by atoms with Gasteiger partial charge in [-0.2, -0.15) is 0 Å². The van der Waals surface area contributed by atoms with E-state index in [0.717, 1.165) is 36.8 Å². The van der Waals surface area contributed by atoms with Gasteiger partial charge in [0.05, 0.1) is 0 Å². The van der Waals surface area contributed by atoms with Crippen molar-refractivity contribution < 1.29 is 9.47 Å². The number of ether oxygens (including phenoxy) is 2. The van der Waals surface area contributed by atoms with Crippen molar-refractivity contribution in [3.63, 3.8) is 0 Å². The smallest absolute Gasteiger partial charge is 0.102 e. The molecule has 2 atom stereocenters. The summed E-state index contributed by atoms with van der Waals surface area (Å²) in [7, 11) is 3.47. The Morgan fingerprint density at radius 1 is 1.25 bits per heavy atom. The highest BCUT2D eigenvalue weighted by Gasteiger charge is 2.34. The van der Waals surface area contributed by atoms with Gasteiger partial charge in [-0.15, -0.1) is 0 Å². The molecule has 0 aliphatic carbocycles. The summed E-state index contributed by atoms with van der Waals surface area (Å²) >= 11 is 6.35. The number of hydrogen-bond acceptors (Lipinski definition) is 4. The van der Waals surface area contributed by atoms with Gasteiger partial charge in [-0.05, 0) is 18.7 Å². The lowest BCUT2D eigenvalue weighted by molar-refractivity contribution is -0.00461. The first-order chi connectivity index (χ1) is 9.71. The van der Waals surface area contributed by atoms with E-state index in [9.17, 15) is 0 Å². The van der Waals surface area contributed by atoms with E-state index in [-0.39, 0.29) is 12.2 Å². The number of methoxy groups -OCH3 is 2. The van der Waals surface area contributed by atoms with Gasteiger partial charge in [-0.1, -0.05) is 24.6 Å². The largest absolute Gasteiger partial charge is 0.377 e. The van der Waals surface area contributed by atoms with Crippen molar-refractivity contribution in [3.8, 4) is 0 Å². The molecule has 1 fully saturated rings. The lowest BCUT2D eigenvalue weighted by Crippen LogP contribution is -2.27. The first-order valence-electron chi connectivity index (χ1n) is 6.99. The molecule has 1 saturated heterocycles. The Morgan fingerprint density at radius 2 is 1.90 bits per heavy atom. The van der Waals surface area contributed by atoms with Gasteiger partial charge in [0.25, 0.3) is 0 Å². The van der Waals surface area contributed by atoms with Crippen LogP contribution in [-0.2, 0) is 16.0 Å². The highest BCUT2D eigenvalue weighted by Crippen LogP contribution is 2.31. The van der Waals surface area contributed by atoms with Crippen LogP contribution in [0.5, 0.6) is 0 Å². The topological polar surface area (TPSA) is 33.7 Å². The van der Waals surface area contributed by atoms with Gasteiger partial charge in [0.1, 0.15) is 12.2 Å². The van der Waals surface area contributed by atoms with Gasteiger partial charge < -0.3 is 19.7 Å². The second-order valence-electron chi connectivity index (χ2n) is 4.97.